The van der Waals surface area contributed by atoms with Gasteiger partial charge in [0.25, 0.3) is 0 Å². The monoisotopic (exact) mass is 438 g/mol. The zero-order chi connectivity index (χ0) is 22.0. The minimum atomic E-state index is -0.275. The molecule has 10 heteroatoms. The van der Waals surface area contributed by atoms with Gasteiger partial charge in [-0.3, -0.25) is 20.0 Å². The summed E-state index contributed by atoms with van der Waals surface area (Å²) < 4.78 is 5.34. The van der Waals surface area contributed by atoms with Crippen LogP contribution in [0.15, 0.2) is 29.4 Å². The van der Waals surface area contributed by atoms with E-state index >= 15 is 0 Å². The van der Waals surface area contributed by atoms with E-state index in [0.717, 1.165) is 5.56 Å². The number of hydrogen-bond donors (Lipinski definition) is 2. The van der Waals surface area contributed by atoms with Crippen molar-refractivity contribution in [1.29, 1.82) is 0 Å². The fraction of sp³-hybridized carbons (Fsp3) is 0.333. The van der Waals surface area contributed by atoms with Gasteiger partial charge in [0.1, 0.15) is 5.75 Å². The Morgan fingerprint density at radius 3 is 2.87 bits per heavy atom. The number of Topliss-reactive ketones (excluding diaryl/α,β-unsaturated/α-hetero) is 1. The van der Waals surface area contributed by atoms with E-state index in [2.05, 4.69) is 30.5 Å². The lowest BCUT2D eigenvalue weighted by molar-refractivity contribution is -0.113. The highest BCUT2D eigenvalue weighted by Crippen LogP contribution is 2.28. The van der Waals surface area contributed by atoms with Gasteiger partial charge < -0.3 is 4.74 Å². The molecule has 0 radical (unpaired) electrons. The molecule has 4 rings (SSSR count). The molecule has 1 amide bonds. The summed E-state index contributed by atoms with van der Waals surface area (Å²) in [5.74, 6) is 1.58. The summed E-state index contributed by atoms with van der Waals surface area (Å²) in [7, 11) is 1.59. The third-order valence-corrected chi connectivity index (χ3v) is 5.78. The van der Waals surface area contributed by atoms with Crippen LogP contribution in [0.25, 0.3) is 11.4 Å². The second kappa shape index (κ2) is 8.84. The maximum absolute atomic E-state index is 12.4. The van der Waals surface area contributed by atoms with E-state index in [1.54, 1.807) is 14.0 Å². The Hall–Kier alpha value is -3.27. The van der Waals surface area contributed by atoms with Gasteiger partial charge in [-0.05, 0) is 31.4 Å². The van der Waals surface area contributed by atoms with Gasteiger partial charge in [-0.25, -0.2) is 15.0 Å². The zero-order valence-electron chi connectivity index (χ0n) is 17.4. The van der Waals surface area contributed by atoms with Crippen molar-refractivity contribution in [2.75, 3.05) is 18.2 Å². The first-order valence-corrected chi connectivity index (χ1v) is 10.8. The fourth-order valence-corrected chi connectivity index (χ4v) is 4.18. The van der Waals surface area contributed by atoms with Crippen LogP contribution in [0, 0.1) is 12.8 Å². The lowest BCUT2D eigenvalue weighted by Crippen LogP contribution is -2.24. The van der Waals surface area contributed by atoms with E-state index in [9.17, 15) is 9.59 Å². The van der Waals surface area contributed by atoms with Crippen molar-refractivity contribution < 1.29 is 14.3 Å². The standard InChI is InChI=1S/C21H22N6O3S/c1-11-8-14-18(15(28)9-11)12(2)22-20(23-14)24-17(29)10-31-21-25-19(26-27-21)13-6-4-5-7-16(13)30-3/h4-7,11H,8-10H2,1-3H3,(H,25,26,27)(H,22,23,24,29)/t11-/m1/s1. The molecule has 0 fully saturated rings. The van der Waals surface area contributed by atoms with Gasteiger partial charge in [0.15, 0.2) is 11.6 Å². The molecule has 0 saturated heterocycles. The van der Waals surface area contributed by atoms with Crippen molar-refractivity contribution in [3.8, 4) is 17.1 Å². The topological polar surface area (TPSA) is 123 Å². The van der Waals surface area contributed by atoms with Gasteiger partial charge in [0.2, 0.25) is 17.0 Å². The van der Waals surface area contributed by atoms with Crippen molar-refractivity contribution >= 4 is 29.4 Å². The Morgan fingerprint density at radius 2 is 2.06 bits per heavy atom. The molecule has 0 spiro atoms. The number of thioether (sulfide) groups is 1. The molecule has 0 saturated carbocycles. The highest BCUT2D eigenvalue weighted by atomic mass is 32.2. The van der Waals surface area contributed by atoms with Gasteiger partial charge >= 0.3 is 0 Å². The first kappa shape index (κ1) is 21.0. The van der Waals surface area contributed by atoms with Crippen LogP contribution in [0.3, 0.4) is 0 Å². The summed E-state index contributed by atoms with van der Waals surface area (Å²) in [5, 5.41) is 10.2. The molecule has 1 aromatic carbocycles. The van der Waals surface area contributed by atoms with Crippen molar-refractivity contribution in [3.63, 3.8) is 0 Å². The van der Waals surface area contributed by atoms with Crippen LogP contribution in [0.2, 0.25) is 0 Å². The quantitative estimate of drug-likeness (QED) is 0.563. The number of methoxy groups -OCH3 is 1. The molecule has 0 bridgehead atoms. The number of anilines is 1. The molecule has 160 valence electrons. The molecule has 1 aliphatic carbocycles. The van der Waals surface area contributed by atoms with Gasteiger partial charge in [0.05, 0.1) is 35.4 Å². The Balaban J connectivity index is 1.40. The number of rotatable bonds is 6. The van der Waals surface area contributed by atoms with Crippen molar-refractivity contribution in [2.24, 2.45) is 5.92 Å². The number of nitrogens with zero attached hydrogens (tertiary/aromatic N) is 4. The van der Waals surface area contributed by atoms with E-state index < -0.39 is 0 Å². The number of amides is 1. The minimum absolute atomic E-state index is 0.0649. The summed E-state index contributed by atoms with van der Waals surface area (Å²) in [4.78, 5) is 37.8. The SMILES string of the molecule is COc1ccccc1-c1nc(SCC(=O)Nc2nc(C)c3c(n2)C[C@@H](C)CC3=O)n[nH]1. The van der Waals surface area contributed by atoms with Crippen LogP contribution in [0.5, 0.6) is 5.75 Å². The molecular weight excluding hydrogens is 416 g/mol. The highest BCUT2D eigenvalue weighted by molar-refractivity contribution is 7.99. The van der Waals surface area contributed by atoms with Crippen LogP contribution < -0.4 is 10.1 Å². The molecule has 0 unspecified atom stereocenters. The maximum Gasteiger partial charge on any atom is 0.237 e. The number of para-hydroxylation sites is 1. The number of ketones is 1. The predicted molar refractivity (Wildman–Crippen MR) is 116 cm³/mol. The van der Waals surface area contributed by atoms with Gasteiger partial charge in [-0.1, -0.05) is 30.8 Å². The third-order valence-electron chi connectivity index (χ3n) is 4.93. The van der Waals surface area contributed by atoms with Crippen LogP contribution in [-0.4, -0.2) is 49.7 Å². The summed E-state index contributed by atoms with van der Waals surface area (Å²) >= 11 is 1.19. The molecule has 3 aromatic rings. The third kappa shape index (κ3) is 4.58. The lowest BCUT2D eigenvalue weighted by Gasteiger charge is -2.21. The first-order chi connectivity index (χ1) is 14.9. The Kier molecular flexibility index (Phi) is 5.99. The van der Waals surface area contributed by atoms with Gasteiger partial charge in [0, 0.05) is 6.42 Å². The summed E-state index contributed by atoms with van der Waals surface area (Å²) in [5.41, 5.74) is 2.68. The lowest BCUT2D eigenvalue weighted by atomic mass is 9.86. The molecule has 1 atom stereocenters. The molecule has 2 N–H and O–H groups in total. The molecule has 2 aromatic heterocycles. The normalized spacial score (nSPS) is 15.5. The first-order valence-electron chi connectivity index (χ1n) is 9.83. The second-order valence-corrected chi connectivity index (χ2v) is 8.34. The minimum Gasteiger partial charge on any atom is -0.496 e. The summed E-state index contributed by atoms with van der Waals surface area (Å²) in [6.45, 7) is 3.79. The van der Waals surface area contributed by atoms with E-state index in [0.29, 0.717) is 46.5 Å². The average molecular weight is 439 g/mol. The largest absolute Gasteiger partial charge is 0.496 e. The average Bonchev–Trinajstić information content (AvgIpc) is 3.20. The smallest absolute Gasteiger partial charge is 0.237 e. The number of carbonyl (C=O) groups is 2. The number of H-pyrrole nitrogens is 1. The molecule has 0 aliphatic heterocycles. The number of aromatic amines is 1. The van der Waals surface area contributed by atoms with Gasteiger partial charge in [-0.2, -0.15) is 0 Å². The summed E-state index contributed by atoms with van der Waals surface area (Å²) in [6, 6.07) is 7.48. The van der Waals surface area contributed by atoms with E-state index in [4.69, 9.17) is 4.74 Å². The van der Waals surface area contributed by atoms with Gasteiger partial charge in [-0.15, -0.1) is 5.10 Å². The van der Waals surface area contributed by atoms with Crippen molar-refractivity contribution in [2.45, 2.75) is 31.8 Å². The van der Waals surface area contributed by atoms with Crippen LogP contribution in [0.4, 0.5) is 5.95 Å². The van der Waals surface area contributed by atoms with Crippen LogP contribution in [0.1, 0.15) is 35.1 Å². The van der Waals surface area contributed by atoms with Crippen molar-refractivity contribution in [3.05, 3.63) is 41.2 Å². The van der Waals surface area contributed by atoms with E-state index in [1.165, 1.54) is 11.8 Å². The van der Waals surface area contributed by atoms with Crippen molar-refractivity contribution in [1.82, 2.24) is 25.1 Å². The number of hydrogen-bond acceptors (Lipinski definition) is 8. The number of fused-ring (bicyclic) bond motifs is 1. The molecule has 1 aliphatic rings. The zero-order valence-corrected chi connectivity index (χ0v) is 18.2. The molecule has 31 heavy (non-hydrogen) atoms. The van der Waals surface area contributed by atoms with E-state index in [1.807, 2.05) is 31.2 Å². The van der Waals surface area contributed by atoms with Crippen LogP contribution >= 0.6 is 11.8 Å². The molecule has 9 nitrogen and oxygen atoms in total. The molecular formula is C21H22N6O3S. The Morgan fingerprint density at radius 1 is 1.26 bits per heavy atom. The number of aryl methyl sites for hydroxylation is 1. The maximum atomic E-state index is 12.4. The summed E-state index contributed by atoms with van der Waals surface area (Å²) in [6.07, 6.45) is 1.21. The highest BCUT2D eigenvalue weighted by Gasteiger charge is 2.27. The number of ether oxygens (including phenoxy) is 1. The number of aromatic nitrogens is 5. The fourth-order valence-electron chi connectivity index (χ4n) is 3.58. The predicted octanol–water partition coefficient (Wildman–Crippen LogP) is 3.07. The second-order valence-electron chi connectivity index (χ2n) is 7.39. The van der Waals surface area contributed by atoms with Crippen LogP contribution in [-0.2, 0) is 11.2 Å². The number of carbonyl (C=O) groups excluding carboxylic acids is 2. The van der Waals surface area contributed by atoms with E-state index in [-0.39, 0.29) is 29.3 Å². The number of nitrogens with one attached hydrogen (secondary N) is 2. The Bertz CT molecular complexity index is 1150. The molecule has 2 heterocycles. The number of benzene rings is 1. The Labute approximate surface area is 183 Å².